The number of anilines is 2. The molecule has 0 saturated heterocycles. The van der Waals surface area contributed by atoms with Crippen molar-refractivity contribution in [3.05, 3.63) is 93.1 Å². The molecule has 9 heteroatoms. The first-order chi connectivity index (χ1) is 16.2. The van der Waals surface area contributed by atoms with Crippen molar-refractivity contribution in [2.45, 2.75) is 40.8 Å². The molecule has 0 spiro atoms. The zero-order valence-corrected chi connectivity index (χ0v) is 21.1. The maximum Gasteiger partial charge on any atom is 0.176 e. The Morgan fingerprint density at radius 1 is 0.971 bits per heavy atom. The van der Waals surface area contributed by atoms with E-state index in [1.165, 1.54) is 17.2 Å². The van der Waals surface area contributed by atoms with Gasteiger partial charge in [0.25, 0.3) is 0 Å². The van der Waals surface area contributed by atoms with E-state index in [0.717, 1.165) is 22.8 Å². The second-order valence-electron chi connectivity index (χ2n) is 8.24. The third kappa shape index (κ3) is 5.13. The van der Waals surface area contributed by atoms with Crippen LogP contribution < -0.4 is 10.6 Å². The van der Waals surface area contributed by atoms with Crippen LogP contribution in [0.5, 0.6) is 0 Å². The Morgan fingerprint density at radius 3 is 2.47 bits per heavy atom. The number of nitrogens with one attached hydrogen (secondary N) is 2. The van der Waals surface area contributed by atoms with Gasteiger partial charge in [0.1, 0.15) is 5.82 Å². The fraction of sp³-hybridized carbons (Fsp3) is 0.240. The summed E-state index contributed by atoms with van der Waals surface area (Å²) in [5.41, 5.74) is 6.39. The number of benzene rings is 2. The summed E-state index contributed by atoms with van der Waals surface area (Å²) in [6.07, 6.45) is 0. The molecule has 6 nitrogen and oxygen atoms in total. The van der Waals surface area contributed by atoms with Gasteiger partial charge in [-0.15, -0.1) is 0 Å². The molecule has 0 aliphatic rings. The molecule has 0 aliphatic carbocycles. The minimum absolute atomic E-state index is 0.225. The molecule has 0 aliphatic heterocycles. The summed E-state index contributed by atoms with van der Waals surface area (Å²) in [7, 11) is 0. The van der Waals surface area contributed by atoms with Gasteiger partial charge in [-0.2, -0.15) is 10.2 Å². The van der Waals surface area contributed by atoms with Crippen molar-refractivity contribution >= 4 is 40.4 Å². The predicted molar refractivity (Wildman–Crippen MR) is 139 cm³/mol. The highest BCUT2D eigenvalue weighted by Crippen LogP contribution is 2.23. The minimum atomic E-state index is -0.359. The van der Waals surface area contributed by atoms with Gasteiger partial charge in [0.15, 0.2) is 10.9 Å². The van der Waals surface area contributed by atoms with E-state index < -0.39 is 0 Å². The Kier molecular flexibility index (Phi) is 7.00. The number of thiocarbonyl (C=S) groups is 1. The summed E-state index contributed by atoms with van der Waals surface area (Å²) in [5, 5.41) is 16.3. The van der Waals surface area contributed by atoms with Gasteiger partial charge in [-0.3, -0.25) is 9.36 Å². The Labute approximate surface area is 208 Å². The molecular formula is C25H26ClFN6S. The molecule has 0 atom stereocenters. The van der Waals surface area contributed by atoms with Crippen molar-refractivity contribution in [3.63, 3.8) is 0 Å². The van der Waals surface area contributed by atoms with Crippen molar-refractivity contribution in [1.29, 1.82) is 0 Å². The quantitative estimate of drug-likeness (QED) is 0.320. The third-order valence-corrected chi connectivity index (χ3v) is 6.35. The predicted octanol–water partition coefficient (Wildman–Crippen LogP) is 6.01. The number of halogens is 2. The monoisotopic (exact) mass is 496 g/mol. The van der Waals surface area contributed by atoms with Gasteiger partial charge in [-0.1, -0.05) is 41.9 Å². The highest BCUT2D eigenvalue weighted by atomic mass is 35.5. The van der Waals surface area contributed by atoms with Crippen LogP contribution in [0.15, 0.2) is 48.5 Å². The van der Waals surface area contributed by atoms with E-state index in [4.69, 9.17) is 23.8 Å². The van der Waals surface area contributed by atoms with E-state index in [2.05, 4.69) is 39.9 Å². The lowest BCUT2D eigenvalue weighted by atomic mass is 10.1. The van der Waals surface area contributed by atoms with E-state index >= 15 is 0 Å². The van der Waals surface area contributed by atoms with Gasteiger partial charge in [-0.25, -0.2) is 4.39 Å². The van der Waals surface area contributed by atoms with Crippen LogP contribution in [0.4, 0.5) is 15.9 Å². The largest absolute Gasteiger partial charge is 0.329 e. The number of hydrogen-bond donors (Lipinski definition) is 2. The Bertz CT molecular complexity index is 1340. The summed E-state index contributed by atoms with van der Waals surface area (Å²) in [6.45, 7) is 8.86. The maximum absolute atomic E-state index is 14.2. The standard InChI is InChI=1S/C25H26ClFN6S/c1-15-8-5-6-9-19(15)13-33-18(4)24(17(3)30-33)29-25(34)28-23-12-16(2)32(31-23)14-20-21(26)10-7-11-22(20)27/h5-12H,13-14H2,1-4H3,(H2,28,29,31,34). The molecule has 4 rings (SSSR count). The minimum Gasteiger partial charge on any atom is -0.329 e. The molecule has 4 aromatic rings. The number of aryl methyl sites for hydroxylation is 3. The highest BCUT2D eigenvalue weighted by molar-refractivity contribution is 7.80. The van der Waals surface area contributed by atoms with Crippen LogP contribution in [0.1, 0.15) is 33.8 Å². The molecule has 2 N–H and O–H groups in total. The lowest BCUT2D eigenvalue weighted by Gasteiger charge is -2.11. The summed E-state index contributed by atoms with van der Waals surface area (Å²) >= 11 is 11.7. The average Bonchev–Trinajstić information content (AvgIpc) is 3.25. The van der Waals surface area contributed by atoms with Crippen LogP contribution in [-0.4, -0.2) is 24.7 Å². The SMILES string of the molecule is Cc1ccccc1Cn1nc(C)c(NC(=S)Nc2cc(C)n(Cc3c(F)cccc3Cl)n2)c1C. The molecule has 2 heterocycles. The van der Waals surface area contributed by atoms with Crippen molar-refractivity contribution < 1.29 is 4.39 Å². The molecule has 0 fully saturated rings. The number of aromatic nitrogens is 4. The van der Waals surface area contributed by atoms with Gasteiger partial charge in [-0.05, 0) is 63.2 Å². The van der Waals surface area contributed by atoms with Crippen LogP contribution in [0.3, 0.4) is 0 Å². The number of rotatable bonds is 6. The summed E-state index contributed by atoms with van der Waals surface area (Å²) < 4.78 is 17.8. The zero-order chi connectivity index (χ0) is 24.4. The highest BCUT2D eigenvalue weighted by Gasteiger charge is 2.15. The zero-order valence-electron chi connectivity index (χ0n) is 19.5. The molecular weight excluding hydrogens is 471 g/mol. The van der Waals surface area contributed by atoms with E-state index in [1.54, 1.807) is 16.8 Å². The van der Waals surface area contributed by atoms with Gasteiger partial charge < -0.3 is 10.6 Å². The topological polar surface area (TPSA) is 59.7 Å². The summed E-state index contributed by atoms with van der Waals surface area (Å²) in [4.78, 5) is 0. The van der Waals surface area contributed by atoms with Gasteiger partial charge in [0.2, 0.25) is 0 Å². The van der Waals surface area contributed by atoms with Crippen molar-refractivity contribution in [2.75, 3.05) is 10.6 Å². The van der Waals surface area contributed by atoms with E-state index in [1.807, 2.05) is 43.7 Å². The van der Waals surface area contributed by atoms with Crippen molar-refractivity contribution in [2.24, 2.45) is 0 Å². The number of nitrogens with zero attached hydrogens (tertiary/aromatic N) is 4. The Balaban J connectivity index is 1.46. The molecule has 0 amide bonds. The first kappa shape index (κ1) is 23.9. The van der Waals surface area contributed by atoms with E-state index in [9.17, 15) is 4.39 Å². The fourth-order valence-electron chi connectivity index (χ4n) is 3.81. The molecule has 0 bridgehead atoms. The molecule has 34 heavy (non-hydrogen) atoms. The van der Waals surface area contributed by atoms with Gasteiger partial charge >= 0.3 is 0 Å². The van der Waals surface area contributed by atoms with Crippen molar-refractivity contribution in [3.8, 4) is 0 Å². The molecule has 2 aromatic carbocycles. The third-order valence-electron chi connectivity index (χ3n) is 5.79. The average molecular weight is 497 g/mol. The normalized spacial score (nSPS) is 11.0. The lowest BCUT2D eigenvalue weighted by molar-refractivity contribution is 0.581. The van der Waals surface area contributed by atoms with Crippen molar-refractivity contribution in [1.82, 2.24) is 19.6 Å². The second kappa shape index (κ2) is 9.95. The first-order valence-electron chi connectivity index (χ1n) is 10.9. The van der Waals surface area contributed by atoms with Crippen LogP contribution in [0, 0.1) is 33.5 Å². The smallest absolute Gasteiger partial charge is 0.176 e. The van der Waals surface area contributed by atoms with Crippen LogP contribution in [0.2, 0.25) is 5.02 Å². The molecule has 0 radical (unpaired) electrons. The fourth-order valence-corrected chi connectivity index (χ4v) is 4.24. The molecule has 0 saturated carbocycles. The van der Waals surface area contributed by atoms with Crippen LogP contribution in [0.25, 0.3) is 0 Å². The lowest BCUT2D eigenvalue weighted by Crippen LogP contribution is -2.20. The Morgan fingerprint density at radius 2 is 1.74 bits per heavy atom. The molecule has 176 valence electrons. The van der Waals surface area contributed by atoms with Gasteiger partial charge in [0, 0.05) is 22.3 Å². The van der Waals surface area contributed by atoms with Gasteiger partial charge in [0.05, 0.1) is 30.2 Å². The van der Waals surface area contributed by atoms with Crippen LogP contribution in [-0.2, 0) is 13.1 Å². The number of hydrogen-bond acceptors (Lipinski definition) is 3. The summed E-state index contributed by atoms with van der Waals surface area (Å²) in [5.74, 6) is 0.202. The van der Waals surface area contributed by atoms with E-state index in [-0.39, 0.29) is 12.4 Å². The maximum atomic E-state index is 14.2. The summed E-state index contributed by atoms with van der Waals surface area (Å²) in [6, 6.07) is 14.8. The second-order valence-corrected chi connectivity index (χ2v) is 9.05. The van der Waals surface area contributed by atoms with E-state index in [0.29, 0.717) is 28.1 Å². The first-order valence-corrected chi connectivity index (χ1v) is 11.7. The molecule has 0 unspecified atom stereocenters. The van der Waals surface area contributed by atoms with Crippen LogP contribution >= 0.6 is 23.8 Å². The molecule has 2 aromatic heterocycles. The Hall–Kier alpha value is -3.23.